The normalized spacial score (nSPS) is 11.4. The Morgan fingerprint density at radius 1 is 1.42 bits per heavy atom. The second-order valence-electron chi connectivity index (χ2n) is 4.59. The number of pyridine rings is 1. The highest BCUT2D eigenvalue weighted by Gasteiger charge is 2.10. The molecular weight excluding hydrogens is 310 g/mol. The zero-order valence-corrected chi connectivity index (χ0v) is 13.0. The summed E-state index contributed by atoms with van der Waals surface area (Å²) in [6.45, 7) is 5.50. The molecule has 2 aromatic rings. The SMILES string of the molecule is COCCCn1cc2cc(Br)c(OC(C)C)nc2n1. The van der Waals surface area contributed by atoms with Crippen molar-refractivity contribution in [3.05, 3.63) is 16.7 Å². The number of hydrogen-bond donors (Lipinski definition) is 0. The molecule has 0 radical (unpaired) electrons. The summed E-state index contributed by atoms with van der Waals surface area (Å²) in [4.78, 5) is 4.43. The second kappa shape index (κ2) is 6.34. The quantitative estimate of drug-likeness (QED) is 0.765. The van der Waals surface area contributed by atoms with Crippen molar-refractivity contribution >= 4 is 27.0 Å². The molecule has 0 fully saturated rings. The summed E-state index contributed by atoms with van der Waals surface area (Å²) in [5, 5.41) is 5.44. The molecule has 0 aliphatic rings. The van der Waals surface area contributed by atoms with E-state index in [1.165, 1.54) is 0 Å². The number of methoxy groups -OCH3 is 1. The number of aryl methyl sites for hydroxylation is 1. The largest absolute Gasteiger partial charge is 0.474 e. The lowest BCUT2D eigenvalue weighted by atomic mass is 10.3. The van der Waals surface area contributed by atoms with Gasteiger partial charge >= 0.3 is 0 Å². The van der Waals surface area contributed by atoms with Crippen molar-refractivity contribution in [3.63, 3.8) is 0 Å². The molecule has 0 N–H and O–H groups in total. The molecule has 0 aromatic carbocycles. The third-order valence-corrected chi connectivity index (χ3v) is 3.11. The molecule has 0 saturated carbocycles. The minimum absolute atomic E-state index is 0.0880. The van der Waals surface area contributed by atoms with Gasteiger partial charge in [-0.05, 0) is 42.3 Å². The van der Waals surface area contributed by atoms with Crippen LogP contribution in [0.15, 0.2) is 16.7 Å². The van der Waals surface area contributed by atoms with Crippen molar-refractivity contribution in [1.82, 2.24) is 14.8 Å². The lowest BCUT2D eigenvalue weighted by molar-refractivity contribution is 0.189. The van der Waals surface area contributed by atoms with Crippen molar-refractivity contribution in [1.29, 1.82) is 0 Å². The van der Waals surface area contributed by atoms with Crippen molar-refractivity contribution in [2.24, 2.45) is 0 Å². The summed E-state index contributed by atoms with van der Waals surface area (Å²) in [6, 6.07) is 1.99. The molecule has 0 bridgehead atoms. The van der Waals surface area contributed by atoms with Crippen LogP contribution in [0.25, 0.3) is 11.0 Å². The van der Waals surface area contributed by atoms with Crippen LogP contribution in [0.1, 0.15) is 20.3 Å². The third-order valence-electron chi connectivity index (χ3n) is 2.55. The van der Waals surface area contributed by atoms with Gasteiger partial charge in [-0.15, -0.1) is 0 Å². The zero-order valence-electron chi connectivity index (χ0n) is 11.4. The fraction of sp³-hybridized carbons (Fsp3) is 0.538. The number of halogens is 1. The van der Waals surface area contributed by atoms with Gasteiger partial charge in [0, 0.05) is 31.8 Å². The maximum absolute atomic E-state index is 5.63. The van der Waals surface area contributed by atoms with Gasteiger partial charge in [0.1, 0.15) is 0 Å². The molecule has 0 atom stereocenters. The van der Waals surface area contributed by atoms with Crippen molar-refractivity contribution < 1.29 is 9.47 Å². The van der Waals surface area contributed by atoms with Gasteiger partial charge < -0.3 is 9.47 Å². The molecule has 0 aliphatic heterocycles. The Labute approximate surface area is 121 Å². The van der Waals surface area contributed by atoms with E-state index in [9.17, 15) is 0 Å². The van der Waals surface area contributed by atoms with E-state index in [4.69, 9.17) is 9.47 Å². The predicted octanol–water partition coefficient (Wildman–Crippen LogP) is 3.02. The summed E-state index contributed by atoms with van der Waals surface area (Å²) in [7, 11) is 1.70. The van der Waals surface area contributed by atoms with Gasteiger partial charge in [-0.3, -0.25) is 4.68 Å². The molecule has 0 unspecified atom stereocenters. The minimum atomic E-state index is 0.0880. The lowest BCUT2D eigenvalue weighted by Gasteiger charge is -2.09. The van der Waals surface area contributed by atoms with Gasteiger partial charge in [0.25, 0.3) is 0 Å². The molecular formula is C13H18BrN3O2. The van der Waals surface area contributed by atoms with Crippen LogP contribution in [-0.2, 0) is 11.3 Å². The molecule has 2 rings (SSSR count). The average molecular weight is 328 g/mol. The number of aromatic nitrogens is 3. The Hall–Kier alpha value is -1.14. The van der Waals surface area contributed by atoms with Gasteiger partial charge in [-0.2, -0.15) is 10.1 Å². The summed E-state index contributed by atoms with van der Waals surface area (Å²) in [5.41, 5.74) is 0.705. The number of hydrogen-bond acceptors (Lipinski definition) is 4. The van der Waals surface area contributed by atoms with E-state index >= 15 is 0 Å². The van der Waals surface area contributed by atoms with Crippen LogP contribution in [0.2, 0.25) is 0 Å². The Kier molecular flexibility index (Phi) is 4.76. The number of rotatable bonds is 6. The minimum Gasteiger partial charge on any atom is -0.474 e. The fourth-order valence-electron chi connectivity index (χ4n) is 1.75. The van der Waals surface area contributed by atoms with Gasteiger partial charge in [-0.1, -0.05) is 0 Å². The van der Waals surface area contributed by atoms with E-state index < -0.39 is 0 Å². The van der Waals surface area contributed by atoms with Crippen LogP contribution < -0.4 is 4.74 Å². The summed E-state index contributed by atoms with van der Waals surface area (Å²) in [5.74, 6) is 0.588. The molecule has 19 heavy (non-hydrogen) atoms. The topological polar surface area (TPSA) is 49.2 Å². The summed E-state index contributed by atoms with van der Waals surface area (Å²) < 4.78 is 13.4. The molecule has 0 amide bonds. The highest BCUT2D eigenvalue weighted by Crippen LogP contribution is 2.27. The van der Waals surface area contributed by atoms with E-state index in [0.717, 1.165) is 29.4 Å². The van der Waals surface area contributed by atoms with Crippen LogP contribution in [0.4, 0.5) is 0 Å². The van der Waals surface area contributed by atoms with E-state index in [2.05, 4.69) is 26.0 Å². The Balaban J connectivity index is 2.22. The summed E-state index contributed by atoms with van der Waals surface area (Å²) in [6.07, 6.45) is 3.01. The van der Waals surface area contributed by atoms with Gasteiger partial charge in [-0.25, -0.2) is 0 Å². The predicted molar refractivity (Wildman–Crippen MR) is 77.5 cm³/mol. The van der Waals surface area contributed by atoms with Crippen molar-refractivity contribution in [2.45, 2.75) is 32.9 Å². The maximum Gasteiger partial charge on any atom is 0.230 e. The van der Waals surface area contributed by atoms with Gasteiger partial charge in [0.05, 0.1) is 10.6 Å². The summed E-state index contributed by atoms with van der Waals surface area (Å²) >= 11 is 3.47. The molecule has 0 spiro atoms. The van der Waals surface area contributed by atoms with E-state index in [1.807, 2.05) is 30.8 Å². The zero-order chi connectivity index (χ0) is 13.8. The molecule has 2 heterocycles. The van der Waals surface area contributed by atoms with Crippen molar-refractivity contribution in [3.8, 4) is 5.88 Å². The van der Waals surface area contributed by atoms with E-state index in [0.29, 0.717) is 11.5 Å². The Bertz CT molecular complexity index is 554. The molecule has 0 aliphatic carbocycles. The van der Waals surface area contributed by atoms with Gasteiger partial charge in [0.15, 0.2) is 5.65 Å². The van der Waals surface area contributed by atoms with Crippen LogP contribution in [0.3, 0.4) is 0 Å². The standard InChI is InChI=1S/C13H18BrN3O2/c1-9(2)19-13-11(14)7-10-8-17(5-4-6-18-3)16-12(10)15-13/h7-9H,4-6H2,1-3H3. The second-order valence-corrected chi connectivity index (χ2v) is 5.45. The van der Waals surface area contributed by atoms with Crippen LogP contribution >= 0.6 is 15.9 Å². The first-order valence-corrected chi connectivity index (χ1v) is 7.08. The van der Waals surface area contributed by atoms with Crippen LogP contribution in [0, 0.1) is 0 Å². The van der Waals surface area contributed by atoms with Gasteiger partial charge in [0.2, 0.25) is 5.88 Å². The fourth-order valence-corrected chi connectivity index (χ4v) is 2.18. The Morgan fingerprint density at radius 2 is 2.21 bits per heavy atom. The van der Waals surface area contributed by atoms with Crippen LogP contribution in [-0.4, -0.2) is 34.6 Å². The Morgan fingerprint density at radius 3 is 2.89 bits per heavy atom. The first-order valence-electron chi connectivity index (χ1n) is 6.29. The van der Waals surface area contributed by atoms with Crippen molar-refractivity contribution in [2.75, 3.05) is 13.7 Å². The molecule has 0 saturated heterocycles. The maximum atomic E-state index is 5.63. The highest BCUT2D eigenvalue weighted by molar-refractivity contribution is 9.10. The lowest BCUT2D eigenvalue weighted by Crippen LogP contribution is -2.07. The highest BCUT2D eigenvalue weighted by atomic mass is 79.9. The monoisotopic (exact) mass is 327 g/mol. The molecule has 6 heteroatoms. The first kappa shape index (κ1) is 14.3. The van der Waals surface area contributed by atoms with Crippen LogP contribution in [0.5, 0.6) is 5.88 Å². The van der Waals surface area contributed by atoms with E-state index in [1.54, 1.807) is 7.11 Å². The molecule has 104 valence electrons. The third kappa shape index (κ3) is 3.67. The molecule has 5 nitrogen and oxygen atoms in total. The van der Waals surface area contributed by atoms with E-state index in [-0.39, 0.29) is 6.10 Å². The molecule has 2 aromatic heterocycles. The average Bonchev–Trinajstić information content (AvgIpc) is 2.71. The number of fused-ring (bicyclic) bond motifs is 1. The first-order chi connectivity index (χ1) is 9.10. The smallest absolute Gasteiger partial charge is 0.230 e. The number of ether oxygens (including phenoxy) is 2. The number of nitrogens with zero attached hydrogens (tertiary/aromatic N) is 3.